The van der Waals surface area contributed by atoms with E-state index in [1.807, 2.05) is 32.0 Å². The number of rotatable bonds is 4. The van der Waals surface area contributed by atoms with E-state index < -0.39 is 0 Å². The number of hydrogen-bond donors (Lipinski definition) is 1. The molecule has 4 rings (SSSR count). The number of ether oxygens (including phenoxy) is 1. The predicted octanol–water partition coefficient (Wildman–Crippen LogP) is 1.71. The third-order valence-electron chi connectivity index (χ3n) is 4.56. The van der Waals surface area contributed by atoms with Gasteiger partial charge in [0, 0.05) is 17.9 Å². The van der Waals surface area contributed by atoms with Crippen molar-refractivity contribution in [1.29, 1.82) is 0 Å². The second kappa shape index (κ2) is 6.84. The summed E-state index contributed by atoms with van der Waals surface area (Å²) < 4.78 is 7.48. The van der Waals surface area contributed by atoms with Crippen LogP contribution in [0.4, 0.5) is 0 Å². The molecule has 0 saturated heterocycles. The molecule has 0 fully saturated rings. The SMILES string of the molecule is Cc1cc(C)n2nc(CC(=O)NC[C@H]3OCCc4ccccc43)nc2n1. The molecule has 1 N–H and O–H groups in total. The summed E-state index contributed by atoms with van der Waals surface area (Å²) >= 11 is 0. The monoisotopic (exact) mass is 351 g/mol. The topological polar surface area (TPSA) is 81.4 Å². The molecular formula is C19H21N5O2. The fourth-order valence-corrected chi connectivity index (χ4v) is 3.34. The second-order valence-electron chi connectivity index (χ2n) is 6.57. The van der Waals surface area contributed by atoms with E-state index in [1.165, 1.54) is 5.56 Å². The molecule has 1 amide bonds. The highest BCUT2D eigenvalue weighted by atomic mass is 16.5. The molecule has 0 saturated carbocycles. The first-order valence-electron chi connectivity index (χ1n) is 8.76. The Labute approximate surface area is 151 Å². The number of benzene rings is 1. The molecule has 0 unspecified atom stereocenters. The third-order valence-corrected chi connectivity index (χ3v) is 4.56. The van der Waals surface area contributed by atoms with Gasteiger partial charge in [-0.25, -0.2) is 9.50 Å². The van der Waals surface area contributed by atoms with Crippen LogP contribution in [0, 0.1) is 13.8 Å². The summed E-state index contributed by atoms with van der Waals surface area (Å²) in [6, 6.07) is 10.1. The summed E-state index contributed by atoms with van der Waals surface area (Å²) in [7, 11) is 0. The van der Waals surface area contributed by atoms with Crippen molar-refractivity contribution in [3.05, 3.63) is 58.7 Å². The van der Waals surface area contributed by atoms with Gasteiger partial charge in [0.2, 0.25) is 5.91 Å². The lowest BCUT2D eigenvalue weighted by Crippen LogP contribution is -2.33. The zero-order valence-electron chi connectivity index (χ0n) is 14.9. The second-order valence-corrected chi connectivity index (χ2v) is 6.57. The number of hydrogen-bond acceptors (Lipinski definition) is 5. The predicted molar refractivity (Wildman–Crippen MR) is 95.8 cm³/mol. The molecule has 7 nitrogen and oxygen atoms in total. The largest absolute Gasteiger partial charge is 0.371 e. The number of carbonyl (C=O) groups is 1. The van der Waals surface area contributed by atoms with Crippen LogP contribution in [0.15, 0.2) is 30.3 Å². The summed E-state index contributed by atoms with van der Waals surface area (Å²) in [5.74, 6) is 0.866. The van der Waals surface area contributed by atoms with E-state index in [0.717, 1.165) is 23.4 Å². The van der Waals surface area contributed by atoms with E-state index in [9.17, 15) is 4.79 Å². The molecule has 2 aromatic heterocycles. The molecule has 0 spiro atoms. The molecule has 3 aromatic rings. The molecule has 134 valence electrons. The van der Waals surface area contributed by atoms with Crippen LogP contribution in [0.3, 0.4) is 0 Å². The average Bonchev–Trinajstić information content (AvgIpc) is 3.02. The van der Waals surface area contributed by atoms with Crippen LogP contribution in [0.2, 0.25) is 0 Å². The molecule has 1 aromatic carbocycles. The first-order chi connectivity index (χ1) is 12.6. The number of fused-ring (bicyclic) bond motifs is 2. The molecule has 1 atom stereocenters. The van der Waals surface area contributed by atoms with Gasteiger partial charge in [-0.05, 0) is 37.5 Å². The van der Waals surface area contributed by atoms with E-state index in [2.05, 4.69) is 32.5 Å². The molecule has 0 radical (unpaired) electrons. The van der Waals surface area contributed by atoms with E-state index in [4.69, 9.17) is 4.74 Å². The van der Waals surface area contributed by atoms with Gasteiger partial charge in [0.15, 0.2) is 5.82 Å². The Hall–Kier alpha value is -2.80. The molecular weight excluding hydrogens is 330 g/mol. The highest BCUT2D eigenvalue weighted by Gasteiger charge is 2.21. The first-order valence-corrected chi connectivity index (χ1v) is 8.76. The Balaban J connectivity index is 1.41. The van der Waals surface area contributed by atoms with Crippen molar-refractivity contribution < 1.29 is 9.53 Å². The van der Waals surface area contributed by atoms with Gasteiger partial charge in [0.1, 0.15) is 6.10 Å². The van der Waals surface area contributed by atoms with Crippen molar-refractivity contribution in [2.45, 2.75) is 32.8 Å². The summed E-state index contributed by atoms with van der Waals surface area (Å²) in [5, 5.41) is 7.31. The van der Waals surface area contributed by atoms with Gasteiger partial charge in [0.25, 0.3) is 5.78 Å². The fraction of sp³-hybridized carbons (Fsp3) is 0.368. The van der Waals surface area contributed by atoms with Crippen LogP contribution >= 0.6 is 0 Å². The standard InChI is InChI=1S/C19H21N5O2/c1-12-9-13(2)24-19(21-12)22-17(23-24)10-18(25)20-11-16-15-6-4-3-5-14(15)7-8-26-16/h3-6,9,16H,7-8,10-11H2,1-2H3,(H,20,25)/t16-/m1/s1. The van der Waals surface area contributed by atoms with Crippen molar-refractivity contribution in [3.63, 3.8) is 0 Å². The number of aromatic nitrogens is 4. The lowest BCUT2D eigenvalue weighted by molar-refractivity contribution is -0.121. The molecule has 3 heterocycles. The normalized spacial score (nSPS) is 16.5. The van der Waals surface area contributed by atoms with Gasteiger partial charge < -0.3 is 10.1 Å². The molecule has 0 aliphatic carbocycles. The van der Waals surface area contributed by atoms with Gasteiger partial charge in [-0.15, -0.1) is 5.10 Å². The highest BCUT2D eigenvalue weighted by Crippen LogP contribution is 2.26. The molecule has 1 aliphatic rings. The van der Waals surface area contributed by atoms with Gasteiger partial charge in [-0.2, -0.15) is 4.98 Å². The van der Waals surface area contributed by atoms with Crippen LogP contribution < -0.4 is 5.32 Å². The maximum atomic E-state index is 12.3. The minimum atomic E-state index is -0.123. The summed E-state index contributed by atoms with van der Waals surface area (Å²) in [6.45, 7) is 4.98. The molecule has 1 aliphatic heterocycles. The van der Waals surface area contributed by atoms with Crippen molar-refractivity contribution in [3.8, 4) is 0 Å². The number of nitrogens with zero attached hydrogens (tertiary/aromatic N) is 4. The molecule has 0 bridgehead atoms. The van der Waals surface area contributed by atoms with Crippen LogP contribution in [-0.2, 0) is 22.4 Å². The Kier molecular flexibility index (Phi) is 4.38. The quantitative estimate of drug-likeness (QED) is 0.774. The van der Waals surface area contributed by atoms with Gasteiger partial charge in [-0.3, -0.25) is 4.79 Å². The minimum absolute atomic E-state index is 0.107. The summed E-state index contributed by atoms with van der Waals surface area (Å²) in [6.07, 6.45) is 0.929. The number of nitrogens with one attached hydrogen (secondary N) is 1. The van der Waals surface area contributed by atoms with Crippen LogP contribution in [0.5, 0.6) is 0 Å². The van der Waals surface area contributed by atoms with Crippen molar-refractivity contribution >= 4 is 11.7 Å². The van der Waals surface area contributed by atoms with Crippen LogP contribution in [-0.4, -0.2) is 38.6 Å². The molecule has 7 heteroatoms. The Morgan fingerprint density at radius 1 is 1.31 bits per heavy atom. The van der Waals surface area contributed by atoms with Crippen molar-refractivity contribution in [2.75, 3.05) is 13.2 Å². The third kappa shape index (κ3) is 3.30. The van der Waals surface area contributed by atoms with Crippen molar-refractivity contribution in [1.82, 2.24) is 24.9 Å². The summed E-state index contributed by atoms with van der Waals surface area (Å²) in [5.41, 5.74) is 4.27. The number of aryl methyl sites for hydroxylation is 2. The minimum Gasteiger partial charge on any atom is -0.371 e. The zero-order chi connectivity index (χ0) is 18.1. The Bertz CT molecular complexity index is 966. The van der Waals surface area contributed by atoms with Crippen LogP contribution in [0.25, 0.3) is 5.78 Å². The number of carbonyl (C=O) groups excluding carboxylic acids is 1. The molecule has 26 heavy (non-hydrogen) atoms. The van der Waals surface area contributed by atoms with Gasteiger partial charge >= 0.3 is 0 Å². The maximum Gasteiger partial charge on any atom is 0.252 e. The Morgan fingerprint density at radius 2 is 2.15 bits per heavy atom. The average molecular weight is 351 g/mol. The van der Waals surface area contributed by atoms with E-state index >= 15 is 0 Å². The Morgan fingerprint density at radius 3 is 3.04 bits per heavy atom. The lowest BCUT2D eigenvalue weighted by Gasteiger charge is -2.26. The fourth-order valence-electron chi connectivity index (χ4n) is 3.34. The smallest absolute Gasteiger partial charge is 0.252 e. The van der Waals surface area contributed by atoms with E-state index in [1.54, 1.807) is 4.52 Å². The van der Waals surface area contributed by atoms with Gasteiger partial charge in [0.05, 0.1) is 13.0 Å². The van der Waals surface area contributed by atoms with Crippen LogP contribution in [0.1, 0.15) is 34.4 Å². The first kappa shape index (κ1) is 16.7. The lowest BCUT2D eigenvalue weighted by atomic mass is 9.97. The van der Waals surface area contributed by atoms with Crippen molar-refractivity contribution in [2.24, 2.45) is 0 Å². The highest BCUT2D eigenvalue weighted by molar-refractivity contribution is 5.77. The van der Waals surface area contributed by atoms with Gasteiger partial charge in [-0.1, -0.05) is 24.3 Å². The summed E-state index contributed by atoms with van der Waals surface area (Å²) in [4.78, 5) is 21.0. The number of amides is 1. The van der Waals surface area contributed by atoms with E-state index in [-0.39, 0.29) is 18.4 Å². The zero-order valence-corrected chi connectivity index (χ0v) is 14.9. The van der Waals surface area contributed by atoms with E-state index in [0.29, 0.717) is 24.8 Å². The maximum absolute atomic E-state index is 12.3.